The zero-order valence-electron chi connectivity index (χ0n) is 18.1. The normalized spacial score (nSPS) is 22.3. The van der Waals surface area contributed by atoms with Crippen molar-refractivity contribution in [3.63, 3.8) is 0 Å². The highest BCUT2D eigenvalue weighted by Gasteiger charge is 2.42. The summed E-state index contributed by atoms with van der Waals surface area (Å²) in [5, 5.41) is 2.47. The number of rotatable bonds is 6. The van der Waals surface area contributed by atoms with Crippen LogP contribution in [0.4, 0.5) is 22.0 Å². The Balaban J connectivity index is 1.48. The molecule has 33 heavy (non-hydrogen) atoms. The third kappa shape index (κ3) is 4.23. The first-order chi connectivity index (χ1) is 15.7. The molecule has 2 aliphatic rings. The topological polar surface area (TPSA) is 50.8 Å². The van der Waals surface area contributed by atoms with Crippen LogP contribution in [-0.4, -0.2) is 43.2 Å². The molecule has 0 aromatic heterocycles. The minimum absolute atomic E-state index is 0.0846. The molecule has 2 saturated heterocycles. The van der Waals surface area contributed by atoms with Gasteiger partial charge in [0, 0.05) is 30.2 Å². The molecule has 0 radical (unpaired) electrons. The smallest absolute Gasteiger partial charge is 0.257 e. The highest BCUT2D eigenvalue weighted by Crippen LogP contribution is 2.38. The fourth-order valence-electron chi connectivity index (χ4n) is 4.91. The summed E-state index contributed by atoms with van der Waals surface area (Å²) in [6.07, 6.45) is 2.71. The van der Waals surface area contributed by atoms with E-state index in [0.717, 1.165) is 24.2 Å². The Kier molecular flexibility index (Phi) is 6.47. The maximum Gasteiger partial charge on any atom is 0.257 e. The van der Waals surface area contributed by atoms with E-state index < -0.39 is 46.6 Å². The quantitative estimate of drug-likeness (QED) is 0.388. The Hall–Kier alpha value is -2.88. The van der Waals surface area contributed by atoms with Crippen molar-refractivity contribution in [2.45, 2.75) is 50.4 Å². The molecule has 5 nitrogen and oxygen atoms in total. The van der Waals surface area contributed by atoms with Crippen molar-refractivity contribution in [3.05, 3.63) is 58.4 Å². The Bertz CT molecular complexity index is 1040. The standard InChI is InChI=1S/C23H23F5N2O3/c1-32-15-5-6-16(33-2)11(7-15)10-30-13-3-4-14(30)9-12(8-13)29-23(31)17-18(24)20(26)22(28)21(27)19(17)25/h5-7,12-14H,3-4,8-10H2,1-2H3,(H,29,31). The van der Waals surface area contributed by atoms with Gasteiger partial charge in [-0.05, 0) is 43.9 Å². The molecule has 2 aromatic rings. The van der Waals surface area contributed by atoms with Crippen molar-refractivity contribution in [2.75, 3.05) is 14.2 Å². The molecule has 2 bridgehead atoms. The summed E-state index contributed by atoms with van der Waals surface area (Å²) in [4.78, 5) is 14.7. The van der Waals surface area contributed by atoms with E-state index in [2.05, 4.69) is 10.2 Å². The molecule has 0 aliphatic carbocycles. The Morgan fingerprint density at radius 1 is 0.939 bits per heavy atom. The summed E-state index contributed by atoms with van der Waals surface area (Å²) in [5.41, 5.74) is -0.514. The average Bonchev–Trinajstić information content (AvgIpc) is 3.03. The van der Waals surface area contributed by atoms with Crippen molar-refractivity contribution in [3.8, 4) is 11.5 Å². The van der Waals surface area contributed by atoms with Crippen LogP contribution in [-0.2, 0) is 6.54 Å². The molecule has 2 unspecified atom stereocenters. The molecule has 0 saturated carbocycles. The van der Waals surface area contributed by atoms with Gasteiger partial charge in [-0.15, -0.1) is 0 Å². The molecule has 2 aromatic carbocycles. The number of hydrogen-bond acceptors (Lipinski definition) is 4. The van der Waals surface area contributed by atoms with Gasteiger partial charge in [-0.2, -0.15) is 0 Å². The monoisotopic (exact) mass is 470 g/mol. The van der Waals surface area contributed by atoms with E-state index in [-0.39, 0.29) is 12.1 Å². The van der Waals surface area contributed by atoms with Crippen molar-refractivity contribution in [1.29, 1.82) is 0 Å². The van der Waals surface area contributed by atoms with Crippen LogP contribution < -0.4 is 14.8 Å². The Morgan fingerprint density at radius 3 is 2.06 bits per heavy atom. The summed E-state index contributed by atoms with van der Waals surface area (Å²) in [6.45, 7) is 0.591. The molecule has 2 fully saturated rings. The number of hydrogen-bond donors (Lipinski definition) is 1. The second-order valence-electron chi connectivity index (χ2n) is 8.32. The minimum atomic E-state index is -2.29. The summed E-state index contributed by atoms with van der Waals surface area (Å²) in [6, 6.07) is 5.25. The van der Waals surface area contributed by atoms with Gasteiger partial charge >= 0.3 is 0 Å². The highest BCUT2D eigenvalue weighted by atomic mass is 19.2. The largest absolute Gasteiger partial charge is 0.497 e. The maximum atomic E-state index is 14.0. The number of ether oxygens (including phenoxy) is 2. The minimum Gasteiger partial charge on any atom is -0.497 e. The molecule has 4 rings (SSSR count). The second kappa shape index (κ2) is 9.17. The van der Waals surface area contributed by atoms with Crippen LogP contribution in [0.1, 0.15) is 41.6 Å². The number of nitrogens with one attached hydrogen (secondary N) is 1. The Labute approximate surface area is 187 Å². The Morgan fingerprint density at radius 2 is 1.52 bits per heavy atom. The van der Waals surface area contributed by atoms with Gasteiger partial charge in [-0.25, -0.2) is 22.0 Å². The van der Waals surface area contributed by atoms with Crippen LogP contribution in [0.25, 0.3) is 0 Å². The molecular weight excluding hydrogens is 447 g/mol. The maximum absolute atomic E-state index is 14.0. The predicted octanol–water partition coefficient (Wildman–Crippen LogP) is 4.32. The lowest BCUT2D eigenvalue weighted by molar-refractivity contribution is 0.0816. The van der Waals surface area contributed by atoms with Gasteiger partial charge in [0.2, 0.25) is 5.82 Å². The number of methoxy groups -OCH3 is 2. The molecule has 0 spiro atoms. The molecule has 10 heteroatoms. The molecule has 2 aliphatic heterocycles. The highest BCUT2D eigenvalue weighted by molar-refractivity contribution is 5.95. The zero-order valence-corrected chi connectivity index (χ0v) is 18.1. The van der Waals surface area contributed by atoms with Crippen LogP contribution >= 0.6 is 0 Å². The van der Waals surface area contributed by atoms with Crippen molar-refractivity contribution in [2.24, 2.45) is 0 Å². The average molecular weight is 470 g/mol. The van der Waals surface area contributed by atoms with Crippen LogP contribution in [0, 0.1) is 29.1 Å². The number of fused-ring (bicyclic) bond motifs is 2. The third-order valence-corrected chi connectivity index (χ3v) is 6.50. The third-order valence-electron chi connectivity index (χ3n) is 6.50. The second-order valence-corrected chi connectivity index (χ2v) is 8.32. The van der Waals surface area contributed by atoms with E-state index in [0.29, 0.717) is 25.1 Å². The van der Waals surface area contributed by atoms with E-state index >= 15 is 0 Å². The van der Waals surface area contributed by atoms with Crippen molar-refractivity contribution >= 4 is 5.91 Å². The van der Waals surface area contributed by atoms with Gasteiger partial charge in [0.1, 0.15) is 17.1 Å². The van der Waals surface area contributed by atoms with E-state index in [1.54, 1.807) is 20.3 Å². The molecular formula is C23H23F5N2O3. The first-order valence-electron chi connectivity index (χ1n) is 10.5. The van der Waals surface area contributed by atoms with Gasteiger partial charge < -0.3 is 14.8 Å². The van der Waals surface area contributed by atoms with E-state index in [4.69, 9.17) is 9.47 Å². The molecule has 1 N–H and O–H groups in total. The van der Waals surface area contributed by atoms with Gasteiger partial charge in [-0.3, -0.25) is 9.69 Å². The number of carbonyl (C=O) groups excluding carboxylic acids is 1. The summed E-state index contributed by atoms with van der Waals surface area (Å²) in [7, 11) is 3.16. The van der Waals surface area contributed by atoms with Crippen LogP contribution in [0.2, 0.25) is 0 Å². The van der Waals surface area contributed by atoms with Gasteiger partial charge in [-0.1, -0.05) is 0 Å². The molecule has 2 heterocycles. The number of piperidine rings is 1. The van der Waals surface area contributed by atoms with Crippen LogP contribution in [0.5, 0.6) is 11.5 Å². The molecule has 178 valence electrons. The summed E-state index contributed by atoms with van der Waals surface area (Å²) < 4.78 is 79.0. The lowest BCUT2D eigenvalue weighted by Crippen LogP contribution is -2.50. The number of benzene rings is 2. The van der Waals surface area contributed by atoms with Crippen molar-refractivity contribution in [1.82, 2.24) is 10.2 Å². The van der Waals surface area contributed by atoms with E-state index in [1.807, 2.05) is 12.1 Å². The fraction of sp³-hybridized carbons (Fsp3) is 0.435. The first kappa shape index (κ1) is 23.3. The number of amides is 1. The van der Waals surface area contributed by atoms with Gasteiger partial charge in [0.25, 0.3) is 5.91 Å². The molecule has 2 atom stereocenters. The van der Waals surface area contributed by atoms with Gasteiger partial charge in [0.15, 0.2) is 23.3 Å². The first-order valence-corrected chi connectivity index (χ1v) is 10.5. The SMILES string of the molecule is COc1ccc(OC)c(CN2C3CCC2CC(NC(=O)c2c(F)c(F)c(F)c(F)c2F)C3)c1. The van der Waals surface area contributed by atoms with Crippen LogP contribution in [0.3, 0.4) is 0 Å². The van der Waals surface area contributed by atoms with E-state index in [1.165, 1.54) is 0 Å². The summed E-state index contributed by atoms with van der Waals surface area (Å²) in [5.74, 6) is -10.7. The number of halogens is 5. The van der Waals surface area contributed by atoms with E-state index in [9.17, 15) is 26.7 Å². The van der Waals surface area contributed by atoms with Crippen molar-refractivity contribution < 1.29 is 36.2 Å². The number of nitrogens with zero attached hydrogens (tertiary/aromatic N) is 1. The lowest BCUT2D eigenvalue weighted by atomic mass is 9.96. The summed E-state index contributed by atoms with van der Waals surface area (Å²) >= 11 is 0. The van der Waals surface area contributed by atoms with Crippen LogP contribution in [0.15, 0.2) is 18.2 Å². The zero-order chi connectivity index (χ0) is 23.9. The van der Waals surface area contributed by atoms with Gasteiger partial charge in [0.05, 0.1) is 14.2 Å². The number of carbonyl (C=O) groups is 1. The lowest BCUT2D eigenvalue weighted by Gasteiger charge is -2.39. The fourth-order valence-corrected chi connectivity index (χ4v) is 4.91. The molecule has 1 amide bonds. The predicted molar refractivity (Wildman–Crippen MR) is 109 cm³/mol.